The minimum absolute atomic E-state index is 0.102. The topological polar surface area (TPSA) is 38.3 Å². The van der Waals surface area contributed by atoms with Crippen LogP contribution in [0.4, 0.5) is 0 Å². The van der Waals surface area contributed by atoms with Crippen LogP contribution in [-0.2, 0) is 9.53 Å². The zero-order valence-corrected chi connectivity index (χ0v) is 7.43. The van der Waals surface area contributed by atoms with Crippen LogP contribution in [0, 0.1) is 5.41 Å². The maximum atomic E-state index is 10.8. The summed E-state index contributed by atoms with van der Waals surface area (Å²) >= 11 is 0. The summed E-state index contributed by atoms with van der Waals surface area (Å²) in [6.07, 6.45) is 2.34. The Morgan fingerprint density at radius 1 is 1.75 bits per heavy atom. The van der Waals surface area contributed by atoms with Gasteiger partial charge in [-0.1, -0.05) is 13.5 Å². The van der Waals surface area contributed by atoms with E-state index in [1.807, 2.05) is 0 Å². The van der Waals surface area contributed by atoms with Gasteiger partial charge in [0.2, 0.25) is 5.91 Å². The van der Waals surface area contributed by atoms with Gasteiger partial charge in [0.1, 0.15) is 0 Å². The number of ether oxygens (including phenoxy) is 1. The van der Waals surface area contributed by atoms with Crippen LogP contribution in [0.1, 0.15) is 13.3 Å². The monoisotopic (exact) mass is 169 g/mol. The van der Waals surface area contributed by atoms with Crippen molar-refractivity contribution in [2.45, 2.75) is 13.3 Å². The molecule has 1 rings (SSSR count). The molecule has 0 saturated carbocycles. The fraction of sp³-hybridized carbons (Fsp3) is 0.667. The molecule has 0 bridgehead atoms. The Morgan fingerprint density at radius 3 is 2.75 bits per heavy atom. The van der Waals surface area contributed by atoms with Gasteiger partial charge in [-0.05, 0) is 12.5 Å². The Balaban J connectivity index is 2.29. The molecule has 0 aromatic rings. The molecular formula is C9H15NO2. The van der Waals surface area contributed by atoms with Gasteiger partial charge in [0.05, 0.1) is 13.2 Å². The number of hydrogen-bond acceptors (Lipinski definition) is 2. The number of nitrogens with one attached hydrogen (secondary N) is 1. The van der Waals surface area contributed by atoms with E-state index in [0.29, 0.717) is 6.54 Å². The smallest absolute Gasteiger partial charge is 0.243 e. The molecule has 0 aliphatic carbocycles. The van der Waals surface area contributed by atoms with Gasteiger partial charge in [-0.25, -0.2) is 0 Å². The Bertz CT molecular complexity index is 179. The van der Waals surface area contributed by atoms with E-state index in [9.17, 15) is 4.79 Å². The summed E-state index contributed by atoms with van der Waals surface area (Å²) in [6.45, 7) is 7.73. The first-order valence-electron chi connectivity index (χ1n) is 4.20. The highest BCUT2D eigenvalue weighted by Crippen LogP contribution is 2.29. The summed E-state index contributed by atoms with van der Waals surface area (Å²) in [6, 6.07) is 0. The fourth-order valence-electron chi connectivity index (χ4n) is 1.17. The normalized spacial score (nSPS) is 19.4. The van der Waals surface area contributed by atoms with Crippen molar-refractivity contribution >= 4 is 5.91 Å². The minimum Gasteiger partial charge on any atom is -0.380 e. The second-order valence-corrected chi connectivity index (χ2v) is 3.27. The van der Waals surface area contributed by atoms with Crippen LogP contribution in [0.2, 0.25) is 0 Å². The van der Waals surface area contributed by atoms with Crippen LogP contribution < -0.4 is 5.32 Å². The molecule has 1 aliphatic rings. The van der Waals surface area contributed by atoms with Crippen LogP contribution in [0.15, 0.2) is 12.7 Å². The van der Waals surface area contributed by atoms with Crippen LogP contribution in [0.25, 0.3) is 0 Å². The van der Waals surface area contributed by atoms with Crippen molar-refractivity contribution < 1.29 is 9.53 Å². The van der Waals surface area contributed by atoms with Crippen LogP contribution in [0.3, 0.4) is 0 Å². The Kier molecular flexibility index (Phi) is 2.87. The summed E-state index contributed by atoms with van der Waals surface area (Å²) < 4.78 is 5.12. The maximum absolute atomic E-state index is 10.8. The highest BCUT2D eigenvalue weighted by atomic mass is 16.5. The molecule has 12 heavy (non-hydrogen) atoms. The molecule has 0 spiro atoms. The van der Waals surface area contributed by atoms with Crippen molar-refractivity contribution in [3.8, 4) is 0 Å². The largest absolute Gasteiger partial charge is 0.380 e. The van der Waals surface area contributed by atoms with E-state index < -0.39 is 0 Å². The van der Waals surface area contributed by atoms with Gasteiger partial charge < -0.3 is 10.1 Å². The van der Waals surface area contributed by atoms with Gasteiger partial charge in [0.25, 0.3) is 0 Å². The zero-order valence-electron chi connectivity index (χ0n) is 7.43. The fourth-order valence-corrected chi connectivity index (χ4v) is 1.17. The second kappa shape index (κ2) is 3.72. The minimum atomic E-state index is -0.102. The van der Waals surface area contributed by atoms with Gasteiger partial charge in [0, 0.05) is 12.0 Å². The average Bonchev–Trinajstić information content (AvgIpc) is 2.03. The lowest BCUT2D eigenvalue weighted by Crippen LogP contribution is -2.50. The average molecular weight is 169 g/mol. The van der Waals surface area contributed by atoms with Crippen molar-refractivity contribution in [3.63, 3.8) is 0 Å². The third-order valence-corrected chi connectivity index (χ3v) is 2.39. The first-order chi connectivity index (χ1) is 5.72. The van der Waals surface area contributed by atoms with E-state index in [-0.39, 0.29) is 11.3 Å². The summed E-state index contributed by atoms with van der Waals surface area (Å²) in [4.78, 5) is 10.8. The lowest BCUT2D eigenvalue weighted by atomic mass is 9.83. The first kappa shape index (κ1) is 9.26. The molecule has 3 heteroatoms. The lowest BCUT2D eigenvalue weighted by molar-refractivity contribution is -0.126. The molecule has 0 radical (unpaired) electrons. The molecule has 1 saturated heterocycles. The second-order valence-electron chi connectivity index (χ2n) is 3.27. The molecular weight excluding hydrogens is 154 g/mol. The summed E-state index contributed by atoms with van der Waals surface area (Å²) in [5.74, 6) is -0.102. The predicted octanol–water partition coefficient (Wildman–Crippen LogP) is 0.715. The molecule has 0 atom stereocenters. The number of hydrogen-bond donors (Lipinski definition) is 1. The van der Waals surface area contributed by atoms with Gasteiger partial charge >= 0.3 is 0 Å². The lowest BCUT2D eigenvalue weighted by Gasteiger charge is -2.40. The Morgan fingerprint density at radius 2 is 2.42 bits per heavy atom. The van der Waals surface area contributed by atoms with Gasteiger partial charge in [-0.3, -0.25) is 4.79 Å². The number of carbonyl (C=O) groups is 1. The van der Waals surface area contributed by atoms with Crippen molar-refractivity contribution in [2.24, 2.45) is 5.41 Å². The first-order valence-corrected chi connectivity index (χ1v) is 4.20. The van der Waals surface area contributed by atoms with E-state index in [4.69, 9.17) is 4.74 Å². The van der Waals surface area contributed by atoms with Crippen LogP contribution in [-0.4, -0.2) is 25.7 Å². The molecule has 1 fully saturated rings. The van der Waals surface area contributed by atoms with Crippen molar-refractivity contribution in [2.75, 3.05) is 19.8 Å². The third kappa shape index (κ3) is 1.85. The van der Waals surface area contributed by atoms with E-state index in [0.717, 1.165) is 19.6 Å². The van der Waals surface area contributed by atoms with E-state index in [1.165, 1.54) is 6.08 Å². The van der Waals surface area contributed by atoms with Gasteiger partial charge in [-0.2, -0.15) is 0 Å². The van der Waals surface area contributed by atoms with Gasteiger partial charge in [-0.15, -0.1) is 0 Å². The van der Waals surface area contributed by atoms with E-state index in [1.54, 1.807) is 0 Å². The summed E-state index contributed by atoms with van der Waals surface area (Å²) in [7, 11) is 0. The molecule has 1 aliphatic heterocycles. The summed E-state index contributed by atoms with van der Waals surface area (Å²) in [5.41, 5.74) is 0.193. The van der Waals surface area contributed by atoms with Gasteiger partial charge in [0.15, 0.2) is 0 Å². The molecule has 1 N–H and O–H groups in total. The molecule has 1 amide bonds. The molecule has 3 nitrogen and oxygen atoms in total. The predicted molar refractivity (Wildman–Crippen MR) is 46.7 cm³/mol. The zero-order chi connectivity index (χ0) is 9.03. The molecule has 1 heterocycles. The SMILES string of the molecule is C=CC(=O)NCC1(CC)COC1. The number of amides is 1. The van der Waals surface area contributed by atoms with E-state index in [2.05, 4.69) is 18.8 Å². The van der Waals surface area contributed by atoms with Crippen molar-refractivity contribution in [1.82, 2.24) is 5.32 Å². The third-order valence-electron chi connectivity index (χ3n) is 2.39. The maximum Gasteiger partial charge on any atom is 0.243 e. The standard InChI is InChI=1S/C9H15NO2/c1-3-8(11)10-5-9(4-2)6-12-7-9/h3H,1,4-7H2,2H3,(H,10,11). The molecule has 0 unspecified atom stereocenters. The molecule has 0 aromatic carbocycles. The van der Waals surface area contributed by atoms with Crippen molar-refractivity contribution in [1.29, 1.82) is 0 Å². The quantitative estimate of drug-likeness (QED) is 0.629. The number of carbonyl (C=O) groups excluding carboxylic acids is 1. The number of rotatable bonds is 4. The summed E-state index contributed by atoms with van der Waals surface area (Å²) in [5, 5.41) is 2.79. The highest BCUT2D eigenvalue weighted by Gasteiger charge is 2.36. The van der Waals surface area contributed by atoms with Crippen LogP contribution in [0.5, 0.6) is 0 Å². The Labute approximate surface area is 72.8 Å². The molecule has 0 aromatic heterocycles. The van der Waals surface area contributed by atoms with E-state index >= 15 is 0 Å². The molecule has 68 valence electrons. The van der Waals surface area contributed by atoms with Crippen LogP contribution >= 0.6 is 0 Å². The van der Waals surface area contributed by atoms with Crippen molar-refractivity contribution in [3.05, 3.63) is 12.7 Å². The highest BCUT2D eigenvalue weighted by molar-refractivity contribution is 5.86. The Hall–Kier alpha value is -0.830.